The molecule has 0 atom stereocenters. The first-order valence-electron chi connectivity index (χ1n) is 10.7. The SMILES string of the molecule is Cc1nc(NC(=O)Cc2cccc(O)c2)sc1-c1ccc2c(/C=C/c3ccccn3)n[nH]c2c1. The highest BCUT2D eigenvalue weighted by Gasteiger charge is 2.14. The minimum Gasteiger partial charge on any atom is -0.508 e. The van der Waals surface area contributed by atoms with Gasteiger partial charge in [0.2, 0.25) is 5.91 Å². The van der Waals surface area contributed by atoms with Gasteiger partial charge in [-0.2, -0.15) is 5.10 Å². The number of nitrogens with zero attached hydrogens (tertiary/aromatic N) is 3. The number of phenolic OH excluding ortho intramolecular Hbond substituents is 1. The van der Waals surface area contributed by atoms with E-state index in [9.17, 15) is 9.90 Å². The smallest absolute Gasteiger partial charge is 0.230 e. The second-order valence-electron chi connectivity index (χ2n) is 7.79. The number of hydrogen-bond donors (Lipinski definition) is 3. The number of anilines is 1. The normalized spacial score (nSPS) is 11.3. The molecule has 3 aromatic heterocycles. The Bertz CT molecular complexity index is 1500. The Morgan fingerprint density at radius 3 is 2.85 bits per heavy atom. The zero-order chi connectivity index (χ0) is 23.5. The molecule has 0 spiro atoms. The first-order valence-corrected chi connectivity index (χ1v) is 11.5. The average molecular weight is 468 g/mol. The second kappa shape index (κ2) is 9.29. The monoisotopic (exact) mass is 467 g/mol. The van der Waals surface area contributed by atoms with Crippen molar-refractivity contribution in [1.82, 2.24) is 20.2 Å². The van der Waals surface area contributed by atoms with Gasteiger partial charge in [-0.1, -0.05) is 35.6 Å². The van der Waals surface area contributed by atoms with Crippen LogP contribution in [0.3, 0.4) is 0 Å². The molecule has 0 saturated carbocycles. The largest absolute Gasteiger partial charge is 0.508 e. The number of benzene rings is 2. The van der Waals surface area contributed by atoms with E-state index in [2.05, 4.69) is 25.5 Å². The maximum Gasteiger partial charge on any atom is 0.230 e. The number of amides is 1. The molecule has 0 aliphatic rings. The van der Waals surface area contributed by atoms with Crippen LogP contribution in [-0.2, 0) is 11.2 Å². The summed E-state index contributed by atoms with van der Waals surface area (Å²) in [5, 5.41) is 21.5. The number of fused-ring (bicyclic) bond motifs is 1. The molecule has 7 nitrogen and oxygen atoms in total. The molecule has 0 bridgehead atoms. The molecule has 0 aliphatic heterocycles. The number of thiazole rings is 1. The van der Waals surface area contributed by atoms with E-state index < -0.39 is 0 Å². The number of nitrogens with one attached hydrogen (secondary N) is 2. The van der Waals surface area contributed by atoms with E-state index in [1.165, 1.54) is 11.3 Å². The molecule has 8 heteroatoms. The zero-order valence-corrected chi connectivity index (χ0v) is 19.1. The quantitative estimate of drug-likeness (QED) is 0.308. The van der Waals surface area contributed by atoms with Crippen LogP contribution in [0.15, 0.2) is 66.9 Å². The predicted octanol–water partition coefficient (Wildman–Crippen LogP) is 5.45. The Balaban J connectivity index is 1.34. The van der Waals surface area contributed by atoms with Crippen molar-refractivity contribution in [2.75, 3.05) is 5.32 Å². The summed E-state index contributed by atoms with van der Waals surface area (Å²) in [7, 11) is 0. The number of carbonyl (C=O) groups is 1. The Hall–Kier alpha value is -4.30. The molecule has 0 saturated heterocycles. The van der Waals surface area contributed by atoms with Crippen LogP contribution < -0.4 is 5.32 Å². The van der Waals surface area contributed by atoms with Crippen molar-refractivity contribution >= 4 is 45.4 Å². The van der Waals surface area contributed by atoms with Gasteiger partial charge in [-0.05, 0) is 66.6 Å². The van der Waals surface area contributed by atoms with Crippen LogP contribution in [0.1, 0.15) is 22.6 Å². The summed E-state index contributed by atoms with van der Waals surface area (Å²) in [4.78, 5) is 22.3. The molecule has 34 heavy (non-hydrogen) atoms. The maximum atomic E-state index is 12.4. The lowest BCUT2D eigenvalue weighted by atomic mass is 10.1. The number of carbonyl (C=O) groups excluding carboxylic acids is 1. The topological polar surface area (TPSA) is 104 Å². The Kier molecular flexibility index (Phi) is 5.88. The van der Waals surface area contributed by atoms with Gasteiger partial charge in [0, 0.05) is 11.6 Å². The van der Waals surface area contributed by atoms with Crippen molar-refractivity contribution in [3.05, 3.63) is 89.5 Å². The van der Waals surface area contributed by atoms with Gasteiger partial charge in [-0.25, -0.2) is 4.98 Å². The van der Waals surface area contributed by atoms with Crippen LogP contribution in [0.4, 0.5) is 5.13 Å². The van der Waals surface area contributed by atoms with Gasteiger partial charge < -0.3 is 10.4 Å². The molecule has 0 fully saturated rings. The first kappa shape index (κ1) is 21.5. The maximum absolute atomic E-state index is 12.4. The number of aromatic amines is 1. The van der Waals surface area contributed by atoms with Gasteiger partial charge in [0.1, 0.15) is 5.75 Å². The van der Waals surface area contributed by atoms with Crippen LogP contribution in [0.5, 0.6) is 5.75 Å². The fourth-order valence-corrected chi connectivity index (χ4v) is 4.66. The Morgan fingerprint density at radius 1 is 1.12 bits per heavy atom. The number of pyridine rings is 1. The van der Waals surface area contributed by atoms with Crippen LogP contribution in [0.2, 0.25) is 0 Å². The van der Waals surface area contributed by atoms with Gasteiger partial charge >= 0.3 is 0 Å². The summed E-state index contributed by atoms with van der Waals surface area (Å²) in [5.74, 6) is -0.0403. The number of aromatic nitrogens is 4. The molecular formula is C26H21N5O2S. The third-order valence-electron chi connectivity index (χ3n) is 5.27. The summed E-state index contributed by atoms with van der Waals surface area (Å²) >= 11 is 1.43. The number of aryl methyl sites for hydroxylation is 1. The highest BCUT2D eigenvalue weighted by atomic mass is 32.1. The van der Waals surface area contributed by atoms with Crippen molar-refractivity contribution in [3.63, 3.8) is 0 Å². The first-order chi connectivity index (χ1) is 16.5. The summed E-state index contributed by atoms with van der Waals surface area (Å²) in [5.41, 5.74) is 5.21. The molecule has 0 radical (unpaired) electrons. The number of hydrogen-bond acceptors (Lipinski definition) is 6. The fraction of sp³-hybridized carbons (Fsp3) is 0.0769. The predicted molar refractivity (Wildman–Crippen MR) is 136 cm³/mol. The molecule has 168 valence electrons. The van der Waals surface area contributed by atoms with Crippen molar-refractivity contribution in [2.45, 2.75) is 13.3 Å². The van der Waals surface area contributed by atoms with Gasteiger partial charge in [-0.3, -0.25) is 14.9 Å². The van der Waals surface area contributed by atoms with E-state index in [-0.39, 0.29) is 18.1 Å². The van der Waals surface area contributed by atoms with E-state index in [0.717, 1.165) is 44.0 Å². The highest BCUT2D eigenvalue weighted by Crippen LogP contribution is 2.34. The molecule has 2 aromatic carbocycles. The molecule has 0 aliphatic carbocycles. The minimum atomic E-state index is -0.181. The summed E-state index contributed by atoms with van der Waals surface area (Å²) < 4.78 is 0. The molecule has 5 aromatic rings. The lowest BCUT2D eigenvalue weighted by molar-refractivity contribution is -0.115. The van der Waals surface area contributed by atoms with Crippen molar-refractivity contribution in [1.29, 1.82) is 0 Å². The van der Waals surface area contributed by atoms with Gasteiger partial charge in [0.25, 0.3) is 0 Å². The third-order valence-corrected chi connectivity index (χ3v) is 6.39. The molecule has 3 heterocycles. The van der Waals surface area contributed by atoms with E-state index in [4.69, 9.17) is 0 Å². The molecular weight excluding hydrogens is 446 g/mol. The summed E-state index contributed by atoms with van der Waals surface area (Å²) in [6.45, 7) is 1.93. The van der Waals surface area contributed by atoms with Crippen molar-refractivity contribution in [2.24, 2.45) is 0 Å². The van der Waals surface area contributed by atoms with E-state index in [1.54, 1.807) is 30.5 Å². The van der Waals surface area contributed by atoms with Crippen LogP contribution in [0, 0.1) is 6.92 Å². The highest BCUT2D eigenvalue weighted by molar-refractivity contribution is 7.19. The van der Waals surface area contributed by atoms with Gasteiger partial charge in [0.05, 0.1) is 33.9 Å². The number of phenols is 1. The lowest BCUT2D eigenvalue weighted by Gasteiger charge is -2.02. The zero-order valence-electron chi connectivity index (χ0n) is 18.3. The van der Waals surface area contributed by atoms with Crippen molar-refractivity contribution in [3.8, 4) is 16.2 Å². The molecule has 0 unspecified atom stereocenters. The van der Waals surface area contributed by atoms with E-state index in [0.29, 0.717) is 5.13 Å². The van der Waals surface area contributed by atoms with Crippen LogP contribution in [-0.4, -0.2) is 31.2 Å². The standard InChI is InChI=1S/C26H21N5O2S/c1-16-25(34-26(28-16)29-24(33)14-17-5-4-7-20(32)13-17)18-8-10-21-22(30-31-23(21)15-18)11-9-19-6-2-3-12-27-19/h2-13,15,32H,14H2,1H3,(H,30,31)(H,28,29,33)/b11-9+. The van der Waals surface area contributed by atoms with E-state index >= 15 is 0 Å². The summed E-state index contributed by atoms with van der Waals surface area (Å²) in [6.07, 6.45) is 5.80. The molecule has 1 amide bonds. The minimum absolute atomic E-state index is 0.141. The summed E-state index contributed by atoms with van der Waals surface area (Å²) in [6, 6.07) is 18.6. The number of rotatable bonds is 6. The molecule has 3 N–H and O–H groups in total. The van der Waals surface area contributed by atoms with Crippen molar-refractivity contribution < 1.29 is 9.90 Å². The van der Waals surface area contributed by atoms with Gasteiger partial charge in [-0.15, -0.1) is 0 Å². The lowest BCUT2D eigenvalue weighted by Crippen LogP contribution is -2.14. The average Bonchev–Trinajstić information content (AvgIpc) is 3.40. The van der Waals surface area contributed by atoms with Crippen LogP contribution >= 0.6 is 11.3 Å². The van der Waals surface area contributed by atoms with Crippen LogP contribution in [0.25, 0.3) is 33.5 Å². The number of aromatic hydroxyl groups is 1. The number of H-pyrrole nitrogens is 1. The van der Waals surface area contributed by atoms with E-state index in [1.807, 2.05) is 55.5 Å². The third kappa shape index (κ3) is 4.72. The fourth-order valence-electron chi connectivity index (χ4n) is 3.68. The Morgan fingerprint density at radius 2 is 2.03 bits per heavy atom. The molecule has 5 rings (SSSR count). The Labute approximate surface area is 199 Å². The second-order valence-corrected chi connectivity index (χ2v) is 8.78. The van der Waals surface area contributed by atoms with Gasteiger partial charge in [0.15, 0.2) is 5.13 Å².